The Kier molecular flexibility index (Phi) is 3.48. The van der Waals surface area contributed by atoms with Crippen molar-refractivity contribution in [1.82, 2.24) is 19.5 Å². The molecule has 0 radical (unpaired) electrons. The molecule has 1 aliphatic rings. The predicted molar refractivity (Wildman–Crippen MR) is 75.0 cm³/mol. The Hall–Kier alpha value is -1.46. The molecule has 1 aliphatic heterocycles. The number of piperidine rings is 1. The molecule has 2 aromatic heterocycles. The number of nitrogens with two attached hydrogens (primary N) is 1. The molecule has 0 atom stereocenters. The highest BCUT2D eigenvalue weighted by Gasteiger charge is 2.23. The van der Waals surface area contributed by atoms with Crippen molar-refractivity contribution in [2.45, 2.75) is 32.2 Å². The van der Waals surface area contributed by atoms with E-state index < -0.39 is 0 Å². The SMILES string of the molecule is CCN1CCC(c2nc3ccc(CN)cn3n2)CC1. The molecule has 0 aliphatic carbocycles. The number of rotatable bonds is 3. The van der Waals surface area contributed by atoms with Crippen LogP contribution < -0.4 is 5.73 Å². The van der Waals surface area contributed by atoms with Gasteiger partial charge in [0.05, 0.1) is 0 Å². The Morgan fingerprint density at radius 2 is 2.11 bits per heavy atom. The molecule has 1 saturated heterocycles. The summed E-state index contributed by atoms with van der Waals surface area (Å²) >= 11 is 0. The van der Waals surface area contributed by atoms with E-state index in [2.05, 4.69) is 21.9 Å². The molecule has 1 fully saturated rings. The minimum atomic E-state index is 0.504. The van der Waals surface area contributed by atoms with E-state index in [0.717, 1.165) is 49.5 Å². The first-order valence-corrected chi connectivity index (χ1v) is 7.07. The highest BCUT2D eigenvalue weighted by molar-refractivity contribution is 5.39. The van der Waals surface area contributed by atoms with Crippen LogP contribution in [-0.2, 0) is 6.54 Å². The molecule has 0 saturated carbocycles. The summed E-state index contributed by atoms with van der Waals surface area (Å²) in [5, 5.41) is 4.63. The number of nitrogens with zero attached hydrogens (tertiary/aromatic N) is 4. The first-order valence-electron chi connectivity index (χ1n) is 7.07. The average Bonchev–Trinajstić information content (AvgIpc) is 2.90. The lowest BCUT2D eigenvalue weighted by atomic mass is 9.96. The zero-order valence-electron chi connectivity index (χ0n) is 11.4. The van der Waals surface area contributed by atoms with Crippen LogP contribution >= 0.6 is 0 Å². The van der Waals surface area contributed by atoms with E-state index in [9.17, 15) is 0 Å². The van der Waals surface area contributed by atoms with Crippen molar-refractivity contribution in [2.75, 3.05) is 19.6 Å². The van der Waals surface area contributed by atoms with Crippen molar-refractivity contribution < 1.29 is 0 Å². The molecule has 0 unspecified atom stereocenters. The summed E-state index contributed by atoms with van der Waals surface area (Å²) < 4.78 is 1.86. The van der Waals surface area contributed by atoms with Crippen molar-refractivity contribution in [3.8, 4) is 0 Å². The van der Waals surface area contributed by atoms with E-state index in [-0.39, 0.29) is 0 Å². The van der Waals surface area contributed by atoms with Gasteiger partial charge in [-0.3, -0.25) is 0 Å². The lowest BCUT2D eigenvalue weighted by Gasteiger charge is -2.29. The summed E-state index contributed by atoms with van der Waals surface area (Å²) in [6, 6.07) is 4.02. The van der Waals surface area contributed by atoms with Gasteiger partial charge >= 0.3 is 0 Å². The van der Waals surface area contributed by atoms with Crippen LogP contribution in [0.1, 0.15) is 37.1 Å². The molecule has 3 heterocycles. The van der Waals surface area contributed by atoms with Gasteiger partial charge in [-0.25, -0.2) is 9.50 Å². The van der Waals surface area contributed by atoms with Crippen LogP contribution in [0.25, 0.3) is 5.65 Å². The molecule has 5 heteroatoms. The van der Waals surface area contributed by atoms with Crippen LogP contribution in [0, 0.1) is 0 Å². The quantitative estimate of drug-likeness (QED) is 0.905. The van der Waals surface area contributed by atoms with Crippen molar-refractivity contribution in [3.05, 3.63) is 29.7 Å². The summed E-state index contributed by atoms with van der Waals surface area (Å²) in [6.07, 6.45) is 4.30. The molecule has 2 N–H and O–H groups in total. The van der Waals surface area contributed by atoms with Gasteiger partial charge in [0.25, 0.3) is 0 Å². The third-order valence-electron chi connectivity index (χ3n) is 4.04. The molecular formula is C14H21N5. The maximum absolute atomic E-state index is 5.65. The average molecular weight is 259 g/mol. The second-order valence-electron chi connectivity index (χ2n) is 5.22. The standard InChI is InChI=1S/C14H21N5/c1-2-18-7-5-12(6-8-18)14-16-13-4-3-11(9-15)10-19(13)17-14/h3-4,10,12H,2,5-9,15H2,1H3. The number of fused-ring (bicyclic) bond motifs is 1. The normalized spacial score (nSPS) is 18.2. The minimum absolute atomic E-state index is 0.504. The highest BCUT2D eigenvalue weighted by atomic mass is 15.3. The van der Waals surface area contributed by atoms with Gasteiger partial charge < -0.3 is 10.6 Å². The van der Waals surface area contributed by atoms with Gasteiger partial charge in [-0.2, -0.15) is 5.10 Å². The van der Waals surface area contributed by atoms with Crippen molar-refractivity contribution in [1.29, 1.82) is 0 Å². The summed E-state index contributed by atoms with van der Waals surface area (Å²) in [6.45, 7) is 6.22. The minimum Gasteiger partial charge on any atom is -0.326 e. The topological polar surface area (TPSA) is 59.5 Å². The van der Waals surface area contributed by atoms with E-state index in [1.54, 1.807) is 0 Å². The highest BCUT2D eigenvalue weighted by Crippen LogP contribution is 2.25. The number of likely N-dealkylation sites (tertiary alicyclic amines) is 1. The van der Waals surface area contributed by atoms with Crippen LogP contribution in [0.5, 0.6) is 0 Å². The number of pyridine rings is 1. The number of hydrogen-bond acceptors (Lipinski definition) is 4. The Morgan fingerprint density at radius 1 is 1.32 bits per heavy atom. The van der Waals surface area contributed by atoms with Gasteiger partial charge in [-0.05, 0) is 44.1 Å². The Bertz CT molecular complexity index is 554. The van der Waals surface area contributed by atoms with Gasteiger partial charge in [0.1, 0.15) is 0 Å². The summed E-state index contributed by atoms with van der Waals surface area (Å²) in [4.78, 5) is 7.14. The largest absolute Gasteiger partial charge is 0.326 e. The van der Waals surface area contributed by atoms with Gasteiger partial charge in [-0.1, -0.05) is 13.0 Å². The second-order valence-corrected chi connectivity index (χ2v) is 5.22. The molecular weight excluding hydrogens is 238 g/mol. The zero-order valence-corrected chi connectivity index (χ0v) is 11.4. The maximum atomic E-state index is 5.65. The zero-order chi connectivity index (χ0) is 13.2. The summed E-state index contributed by atoms with van der Waals surface area (Å²) in [5.74, 6) is 1.49. The monoisotopic (exact) mass is 259 g/mol. The molecule has 102 valence electrons. The third-order valence-corrected chi connectivity index (χ3v) is 4.04. The van der Waals surface area contributed by atoms with Crippen LogP contribution in [0.4, 0.5) is 0 Å². The fourth-order valence-electron chi connectivity index (χ4n) is 2.74. The lowest BCUT2D eigenvalue weighted by molar-refractivity contribution is 0.219. The van der Waals surface area contributed by atoms with Crippen molar-refractivity contribution in [2.24, 2.45) is 5.73 Å². The maximum Gasteiger partial charge on any atom is 0.155 e. The summed E-state index contributed by atoms with van der Waals surface area (Å²) in [7, 11) is 0. The van der Waals surface area contributed by atoms with E-state index in [4.69, 9.17) is 5.73 Å². The van der Waals surface area contributed by atoms with Crippen LogP contribution in [0.2, 0.25) is 0 Å². The molecule has 0 spiro atoms. The Morgan fingerprint density at radius 3 is 2.79 bits per heavy atom. The molecule has 0 aromatic carbocycles. The van der Waals surface area contributed by atoms with Crippen LogP contribution in [0.15, 0.2) is 18.3 Å². The summed E-state index contributed by atoms with van der Waals surface area (Å²) in [5.41, 5.74) is 7.66. The van der Waals surface area contributed by atoms with Crippen molar-refractivity contribution >= 4 is 5.65 Å². The molecule has 2 aromatic rings. The van der Waals surface area contributed by atoms with Crippen LogP contribution in [-0.4, -0.2) is 39.1 Å². The number of aromatic nitrogens is 3. The molecule has 3 rings (SSSR count). The van der Waals surface area contributed by atoms with E-state index in [1.807, 2.05) is 22.8 Å². The lowest BCUT2D eigenvalue weighted by Crippen LogP contribution is -2.32. The van der Waals surface area contributed by atoms with Crippen LogP contribution in [0.3, 0.4) is 0 Å². The second kappa shape index (κ2) is 5.27. The predicted octanol–water partition coefficient (Wildman–Crippen LogP) is 1.39. The fraction of sp³-hybridized carbons (Fsp3) is 0.571. The number of hydrogen-bond donors (Lipinski definition) is 1. The van der Waals surface area contributed by atoms with E-state index >= 15 is 0 Å². The molecule has 0 amide bonds. The van der Waals surface area contributed by atoms with E-state index in [0.29, 0.717) is 12.5 Å². The molecule has 5 nitrogen and oxygen atoms in total. The first kappa shape index (κ1) is 12.6. The van der Waals surface area contributed by atoms with Gasteiger partial charge in [0.2, 0.25) is 0 Å². The Balaban J connectivity index is 1.81. The smallest absolute Gasteiger partial charge is 0.155 e. The first-order chi connectivity index (χ1) is 9.30. The molecule has 19 heavy (non-hydrogen) atoms. The third kappa shape index (κ3) is 2.48. The van der Waals surface area contributed by atoms with Crippen molar-refractivity contribution in [3.63, 3.8) is 0 Å². The van der Waals surface area contributed by atoms with Gasteiger partial charge in [0.15, 0.2) is 11.5 Å². The Labute approximate surface area is 113 Å². The van der Waals surface area contributed by atoms with Gasteiger partial charge in [-0.15, -0.1) is 0 Å². The molecule has 0 bridgehead atoms. The van der Waals surface area contributed by atoms with Gasteiger partial charge in [0, 0.05) is 18.7 Å². The van der Waals surface area contributed by atoms with E-state index in [1.165, 1.54) is 0 Å². The fourth-order valence-corrected chi connectivity index (χ4v) is 2.74.